The van der Waals surface area contributed by atoms with E-state index in [4.69, 9.17) is 0 Å². The summed E-state index contributed by atoms with van der Waals surface area (Å²) in [6.07, 6.45) is 1.62. The summed E-state index contributed by atoms with van der Waals surface area (Å²) in [5.74, 6) is 1.91. The smallest absolute Gasteiger partial charge is 0.245 e. The first kappa shape index (κ1) is 13.8. The molecule has 22 heavy (non-hydrogen) atoms. The fourth-order valence-electron chi connectivity index (χ4n) is 2.89. The molecular weight excluding hydrogens is 280 g/mol. The van der Waals surface area contributed by atoms with Crippen LogP contribution in [0, 0.1) is 5.92 Å². The molecule has 1 saturated heterocycles. The number of hydrogen-bond acceptors (Lipinski definition) is 6. The van der Waals surface area contributed by atoms with Gasteiger partial charge in [-0.1, -0.05) is 6.07 Å². The number of aliphatic hydroxyl groups is 1. The van der Waals surface area contributed by atoms with Crippen molar-refractivity contribution < 1.29 is 5.11 Å². The molecule has 2 aromatic heterocycles. The van der Waals surface area contributed by atoms with Gasteiger partial charge in [0.1, 0.15) is 12.0 Å². The minimum atomic E-state index is -0.538. The fraction of sp³-hybridized carbons (Fsp3) is 0.600. The SMILES string of the molecule is CN1CCN(c2cccc3nc(NC(O)C4CC4)nn23)CC1. The van der Waals surface area contributed by atoms with Gasteiger partial charge < -0.3 is 20.2 Å². The molecule has 2 aromatic rings. The highest BCUT2D eigenvalue weighted by Gasteiger charge is 2.30. The highest BCUT2D eigenvalue weighted by atomic mass is 16.3. The molecule has 2 aliphatic rings. The summed E-state index contributed by atoms with van der Waals surface area (Å²) in [5, 5.41) is 17.6. The third-order valence-electron chi connectivity index (χ3n) is 4.51. The molecule has 0 bridgehead atoms. The minimum Gasteiger partial charge on any atom is -0.373 e. The predicted octanol–water partition coefficient (Wildman–Crippen LogP) is 0.621. The van der Waals surface area contributed by atoms with Crippen molar-refractivity contribution in [3.8, 4) is 0 Å². The van der Waals surface area contributed by atoms with Crippen molar-refractivity contribution in [2.45, 2.75) is 19.1 Å². The van der Waals surface area contributed by atoms with Crippen LogP contribution >= 0.6 is 0 Å². The molecule has 2 fully saturated rings. The van der Waals surface area contributed by atoms with E-state index in [0.29, 0.717) is 11.9 Å². The number of aliphatic hydroxyl groups excluding tert-OH is 1. The van der Waals surface area contributed by atoms with Crippen molar-refractivity contribution in [1.82, 2.24) is 19.5 Å². The number of hydrogen-bond donors (Lipinski definition) is 2. The molecule has 0 aromatic carbocycles. The quantitative estimate of drug-likeness (QED) is 0.807. The molecule has 0 spiro atoms. The largest absolute Gasteiger partial charge is 0.373 e. The van der Waals surface area contributed by atoms with Crippen LogP contribution in [-0.4, -0.2) is 64.1 Å². The van der Waals surface area contributed by atoms with Crippen LogP contribution in [0.4, 0.5) is 11.8 Å². The molecule has 7 heteroatoms. The van der Waals surface area contributed by atoms with Gasteiger partial charge in [-0.05, 0) is 32.0 Å². The average molecular weight is 302 g/mol. The number of aromatic nitrogens is 3. The lowest BCUT2D eigenvalue weighted by Crippen LogP contribution is -2.45. The maximum absolute atomic E-state index is 10.00. The highest BCUT2D eigenvalue weighted by Crippen LogP contribution is 2.32. The molecule has 1 unspecified atom stereocenters. The summed E-state index contributed by atoms with van der Waals surface area (Å²) < 4.78 is 1.87. The van der Waals surface area contributed by atoms with Crippen LogP contribution in [0.3, 0.4) is 0 Å². The topological polar surface area (TPSA) is 68.9 Å². The number of rotatable bonds is 4. The van der Waals surface area contributed by atoms with Gasteiger partial charge >= 0.3 is 0 Å². The average Bonchev–Trinajstić information content (AvgIpc) is 3.28. The van der Waals surface area contributed by atoms with Gasteiger partial charge in [0.2, 0.25) is 5.95 Å². The summed E-state index contributed by atoms with van der Waals surface area (Å²) in [4.78, 5) is 9.14. The van der Waals surface area contributed by atoms with Crippen LogP contribution in [0.25, 0.3) is 5.65 Å². The van der Waals surface area contributed by atoms with E-state index in [1.54, 1.807) is 0 Å². The van der Waals surface area contributed by atoms with E-state index in [9.17, 15) is 5.11 Å². The van der Waals surface area contributed by atoms with E-state index < -0.39 is 6.23 Å². The maximum Gasteiger partial charge on any atom is 0.245 e. The lowest BCUT2D eigenvalue weighted by molar-refractivity contribution is 0.179. The van der Waals surface area contributed by atoms with Gasteiger partial charge in [0.25, 0.3) is 0 Å². The van der Waals surface area contributed by atoms with Crippen LogP contribution in [0.15, 0.2) is 18.2 Å². The molecule has 1 aliphatic carbocycles. The summed E-state index contributed by atoms with van der Waals surface area (Å²) >= 11 is 0. The molecule has 4 rings (SSSR count). The van der Waals surface area contributed by atoms with Gasteiger partial charge in [-0.3, -0.25) is 0 Å². The first-order chi connectivity index (χ1) is 10.7. The Morgan fingerprint density at radius 2 is 2.00 bits per heavy atom. The van der Waals surface area contributed by atoms with Gasteiger partial charge in [0, 0.05) is 32.1 Å². The number of anilines is 2. The van der Waals surface area contributed by atoms with Crippen molar-refractivity contribution in [1.29, 1.82) is 0 Å². The summed E-state index contributed by atoms with van der Waals surface area (Å²) in [6.45, 7) is 4.08. The first-order valence-corrected chi connectivity index (χ1v) is 7.94. The third kappa shape index (κ3) is 2.62. The minimum absolute atomic E-state index is 0.351. The van der Waals surface area contributed by atoms with E-state index in [2.05, 4.69) is 38.3 Å². The number of nitrogens with zero attached hydrogens (tertiary/aromatic N) is 5. The zero-order valence-electron chi connectivity index (χ0n) is 12.8. The maximum atomic E-state index is 10.00. The molecule has 7 nitrogen and oxygen atoms in total. The normalized spacial score (nSPS) is 21.3. The van der Waals surface area contributed by atoms with E-state index >= 15 is 0 Å². The number of nitrogens with one attached hydrogen (secondary N) is 1. The Kier molecular flexibility index (Phi) is 3.38. The second-order valence-corrected chi connectivity index (χ2v) is 6.31. The Balaban J connectivity index is 1.60. The molecule has 0 radical (unpaired) electrons. The molecular formula is C15H22N6O. The van der Waals surface area contributed by atoms with Crippen molar-refractivity contribution in [2.24, 2.45) is 5.92 Å². The highest BCUT2D eigenvalue weighted by molar-refractivity contribution is 5.53. The molecule has 1 aliphatic heterocycles. The van der Waals surface area contributed by atoms with Crippen molar-refractivity contribution in [3.05, 3.63) is 18.2 Å². The standard InChI is InChI=1S/C15H22N6O/c1-19-7-9-20(10-8-19)13-4-2-3-12-16-15(18-21(12)13)17-14(22)11-5-6-11/h2-4,11,14,22H,5-10H2,1H3,(H,17,18). The van der Waals surface area contributed by atoms with Crippen LogP contribution in [0.2, 0.25) is 0 Å². The number of pyridine rings is 1. The molecule has 118 valence electrons. The Morgan fingerprint density at radius 3 is 2.73 bits per heavy atom. The third-order valence-corrected chi connectivity index (χ3v) is 4.51. The van der Waals surface area contributed by atoms with Gasteiger partial charge in [-0.15, -0.1) is 5.10 Å². The molecule has 1 atom stereocenters. The summed E-state index contributed by atoms with van der Waals surface area (Å²) in [7, 11) is 2.15. The van der Waals surface area contributed by atoms with Crippen molar-refractivity contribution >= 4 is 17.4 Å². The van der Waals surface area contributed by atoms with E-state index in [1.165, 1.54) is 0 Å². The Hall–Kier alpha value is -1.86. The zero-order valence-corrected chi connectivity index (χ0v) is 12.8. The molecule has 2 N–H and O–H groups in total. The fourth-order valence-corrected chi connectivity index (χ4v) is 2.89. The van der Waals surface area contributed by atoms with Crippen LogP contribution in [-0.2, 0) is 0 Å². The lowest BCUT2D eigenvalue weighted by Gasteiger charge is -2.33. The monoisotopic (exact) mass is 302 g/mol. The van der Waals surface area contributed by atoms with Gasteiger partial charge in [-0.25, -0.2) is 0 Å². The number of piperazine rings is 1. The van der Waals surface area contributed by atoms with Gasteiger partial charge in [0.05, 0.1) is 0 Å². The van der Waals surface area contributed by atoms with E-state index in [0.717, 1.165) is 50.5 Å². The van der Waals surface area contributed by atoms with Crippen LogP contribution in [0.1, 0.15) is 12.8 Å². The zero-order chi connectivity index (χ0) is 15.1. The Labute approximate surface area is 129 Å². The lowest BCUT2D eigenvalue weighted by atomic mass is 10.3. The molecule has 3 heterocycles. The van der Waals surface area contributed by atoms with Crippen LogP contribution < -0.4 is 10.2 Å². The summed E-state index contributed by atoms with van der Waals surface area (Å²) in [6, 6.07) is 6.04. The molecule has 0 amide bonds. The Morgan fingerprint density at radius 1 is 1.23 bits per heavy atom. The van der Waals surface area contributed by atoms with E-state index in [1.807, 2.05) is 16.6 Å². The molecule has 1 saturated carbocycles. The van der Waals surface area contributed by atoms with Gasteiger partial charge in [0.15, 0.2) is 5.65 Å². The second kappa shape index (κ2) is 5.40. The first-order valence-electron chi connectivity index (χ1n) is 7.94. The van der Waals surface area contributed by atoms with Crippen LogP contribution in [0.5, 0.6) is 0 Å². The predicted molar refractivity (Wildman–Crippen MR) is 85.1 cm³/mol. The van der Waals surface area contributed by atoms with E-state index in [-0.39, 0.29) is 0 Å². The van der Waals surface area contributed by atoms with Gasteiger partial charge in [-0.2, -0.15) is 9.50 Å². The van der Waals surface area contributed by atoms with Crippen molar-refractivity contribution in [3.63, 3.8) is 0 Å². The Bertz CT molecular complexity index is 659. The number of likely N-dealkylation sites (N-methyl/N-ethyl adjacent to an activating group) is 1. The second-order valence-electron chi connectivity index (χ2n) is 6.31. The van der Waals surface area contributed by atoms with Crippen molar-refractivity contribution in [2.75, 3.05) is 43.4 Å². The summed E-state index contributed by atoms with van der Waals surface area (Å²) in [5.41, 5.74) is 0.807. The number of fused-ring (bicyclic) bond motifs is 1.